The number of alkyl halides is 3. The van der Waals surface area contributed by atoms with Gasteiger partial charge < -0.3 is 14.6 Å². The van der Waals surface area contributed by atoms with Crippen LogP contribution in [0.3, 0.4) is 0 Å². The molecular formula is C17H15ClF3N5O2. The third kappa shape index (κ3) is 4.83. The van der Waals surface area contributed by atoms with Crippen molar-refractivity contribution in [1.82, 2.24) is 24.6 Å². The molecule has 1 amide bonds. The Morgan fingerprint density at radius 2 is 2.00 bits per heavy atom. The molecule has 0 bridgehead atoms. The molecule has 0 radical (unpaired) electrons. The van der Waals surface area contributed by atoms with Crippen molar-refractivity contribution in [1.29, 1.82) is 0 Å². The summed E-state index contributed by atoms with van der Waals surface area (Å²) >= 11 is 5.76. The van der Waals surface area contributed by atoms with Crippen LogP contribution in [0, 0.1) is 0 Å². The number of halogens is 4. The highest BCUT2D eigenvalue weighted by Gasteiger charge is 2.40. The van der Waals surface area contributed by atoms with Gasteiger partial charge in [0.05, 0.1) is 18.2 Å². The van der Waals surface area contributed by atoms with Crippen molar-refractivity contribution in [2.45, 2.75) is 19.1 Å². The molecule has 0 aliphatic heterocycles. The Hall–Kier alpha value is -3.01. The van der Waals surface area contributed by atoms with Gasteiger partial charge in [0.2, 0.25) is 0 Å². The van der Waals surface area contributed by atoms with E-state index in [1.165, 1.54) is 24.3 Å². The highest BCUT2D eigenvalue weighted by molar-refractivity contribution is 6.30. The Kier molecular flexibility index (Phi) is 5.88. The van der Waals surface area contributed by atoms with E-state index >= 15 is 0 Å². The van der Waals surface area contributed by atoms with Crippen LogP contribution in [0.15, 0.2) is 49.2 Å². The average molecular weight is 414 g/mol. The van der Waals surface area contributed by atoms with Crippen molar-refractivity contribution < 1.29 is 22.7 Å². The summed E-state index contributed by atoms with van der Waals surface area (Å²) in [6.45, 7) is 0.826. The first kappa shape index (κ1) is 19.7. The summed E-state index contributed by atoms with van der Waals surface area (Å²) in [7, 11) is 0. The van der Waals surface area contributed by atoms with Crippen LogP contribution in [-0.4, -0.2) is 32.0 Å². The lowest BCUT2D eigenvalue weighted by atomic mass is 10.3. The second-order valence-corrected chi connectivity index (χ2v) is 6.15. The highest BCUT2D eigenvalue weighted by Crippen LogP contribution is 2.37. The lowest BCUT2D eigenvalue weighted by Crippen LogP contribution is -2.29. The number of carbonyl (C=O) groups excluding carboxylic acids is 1. The van der Waals surface area contributed by atoms with Crippen LogP contribution in [0.5, 0.6) is 5.75 Å². The SMILES string of the molecule is O=C(NCCCn1ccnc1)Oc1cnn(-c2ccc(Cl)cc2)c1C(F)(F)F. The first-order valence-electron chi connectivity index (χ1n) is 8.17. The van der Waals surface area contributed by atoms with Gasteiger partial charge >= 0.3 is 12.3 Å². The first-order chi connectivity index (χ1) is 13.3. The van der Waals surface area contributed by atoms with Gasteiger partial charge in [0.25, 0.3) is 0 Å². The molecule has 3 rings (SSSR count). The van der Waals surface area contributed by atoms with E-state index in [0.717, 1.165) is 6.20 Å². The van der Waals surface area contributed by atoms with E-state index in [4.69, 9.17) is 16.3 Å². The number of amides is 1. The van der Waals surface area contributed by atoms with Crippen LogP contribution in [0.1, 0.15) is 12.1 Å². The second kappa shape index (κ2) is 8.34. The summed E-state index contributed by atoms with van der Waals surface area (Å²) < 4.78 is 47.8. The van der Waals surface area contributed by atoms with Gasteiger partial charge in [-0.3, -0.25) is 0 Å². The largest absolute Gasteiger partial charge is 0.437 e. The molecule has 148 valence electrons. The minimum absolute atomic E-state index is 0.132. The molecule has 0 fully saturated rings. The van der Waals surface area contributed by atoms with Crippen molar-refractivity contribution in [3.05, 3.63) is 59.9 Å². The number of benzene rings is 1. The van der Waals surface area contributed by atoms with Crippen molar-refractivity contribution in [2.75, 3.05) is 6.54 Å². The van der Waals surface area contributed by atoms with E-state index in [1.54, 1.807) is 18.7 Å². The molecule has 0 saturated carbocycles. The van der Waals surface area contributed by atoms with Crippen molar-refractivity contribution in [3.8, 4) is 11.4 Å². The predicted molar refractivity (Wildman–Crippen MR) is 94.4 cm³/mol. The Balaban J connectivity index is 1.67. The number of nitrogens with zero attached hydrogens (tertiary/aromatic N) is 4. The van der Waals surface area contributed by atoms with Gasteiger partial charge in [-0.05, 0) is 30.7 Å². The fourth-order valence-corrected chi connectivity index (χ4v) is 2.58. The van der Waals surface area contributed by atoms with Crippen molar-refractivity contribution >= 4 is 17.7 Å². The Morgan fingerprint density at radius 3 is 2.64 bits per heavy atom. The summed E-state index contributed by atoms with van der Waals surface area (Å²) in [5, 5.41) is 6.49. The van der Waals surface area contributed by atoms with E-state index in [9.17, 15) is 18.0 Å². The molecule has 0 aliphatic carbocycles. The van der Waals surface area contributed by atoms with Crippen molar-refractivity contribution in [2.24, 2.45) is 0 Å². The minimum Gasteiger partial charge on any atom is -0.406 e. The van der Waals surface area contributed by atoms with E-state index in [1.807, 2.05) is 4.57 Å². The maximum Gasteiger partial charge on any atom is 0.437 e. The molecular weight excluding hydrogens is 399 g/mol. The first-order valence-corrected chi connectivity index (χ1v) is 8.55. The molecule has 2 aromatic heterocycles. The Morgan fingerprint density at radius 1 is 1.25 bits per heavy atom. The van der Waals surface area contributed by atoms with Gasteiger partial charge in [-0.2, -0.15) is 18.3 Å². The third-order valence-corrected chi connectivity index (χ3v) is 3.95. The van der Waals surface area contributed by atoms with E-state index in [2.05, 4.69) is 15.4 Å². The molecule has 0 unspecified atom stereocenters. The maximum absolute atomic E-state index is 13.5. The van der Waals surface area contributed by atoms with Crippen molar-refractivity contribution in [3.63, 3.8) is 0 Å². The van der Waals surface area contributed by atoms with Gasteiger partial charge in [0.1, 0.15) is 0 Å². The highest BCUT2D eigenvalue weighted by atomic mass is 35.5. The molecule has 0 aliphatic rings. The number of carbonyl (C=O) groups is 1. The number of rotatable bonds is 6. The molecule has 28 heavy (non-hydrogen) atoms. The van der Waals surface area contributed by atoms with Gasteiger partial charge in [-0.15, -0.1) is 0 Å². The Bertz CT molecular complexity index is 923. The molecule has 3 aromatic rings. The summed E-state index contributed by atoms with van der Waals surface area (Å²) in [5.41, 5.74) is -1.06. The smallest absolute Gasteiger partial charge is 0.406 e. The quantitative estimate of drug-likeness (QED) is 0.622. The predicted octanol–water partition coefficient (Wildman–Crippen LogP) is 3.92. The van der Waals surface area contributed by atoms with E-state index in [0.29, 0.717) is 22.7 Å². The normalized spacial score (nSPS) is 11.4. The zero-order valence-corrected chi connectivity index (χ0v) is 15.1. The number of aromatic nitrogens is 4. The van der Waals surface area contributed by atoms with Crippen LogP contribution >= 0.6 is 11.6 Å². The topological polar surface area (TPSA) is 74.0 Å². The van der Waals surface area contributed by atoms with Gasteiger partial charge in [0.15, 0.2) is 11.4 Å². The van der Waals surface area contributed by atoms with Gasteiger partial charge in [-0.25, -0.2) is 14.5 Å². The lowest BCUT2D eigenvalue weighted by molar-refractivity contribution is -0.143. The number of ether oxygens (including phenoxy) is 1. The van der Waals surface area contributed by atoms with Crippen LogP contribution in [0.4, 0.5) is 18.0 Å². The fraction of sp³-hybridized carbons (Fsp3) is 0.235. The zero-order valence-electron chi connectivity index (χ0n) is 14.4. The monoisotopic (exact) mass is 413 g/mol. The molecule has 7 nitrogen and oxygen atoms in total. The van der Waals surface area contributed by atoms with Gasteiger partial charge in [-0.1, -0.05) is 11.6 Å². The number of aryl methyl sites for hydroxylation is 1. The molecule has 1 N–H and O–H groups in total. The molecule has 11 heteroatoms. The summed E-state index contributed by atoms with van der Waals surface area (Å²) in [4.78, 5) is 15.8. The molecule has 0 saturated heterocycles. The minimum atomic E-state index is -4.78. The molecule has 0 spiro atoms. The summed E-state index contributed by atoms with van der Waals surface area (Å²) in [6.07, 6.45) is 0.639. The number of hydrogen-bond acceptors (Lipinski definition) is 4. The maximum atomic E-state index is 13.5. The van der Waals surface area contributed by atoms with Gasteiger partial charge in [0, 0.05) is 30.5 Å². The van der Waals surface area contributed by atoms with Crippen LogP contribution < -0.4 is 10.1 Å². The van der Waals surface area contributed by atoms with E-state index < -0.39 is 23.7 Å². The number of hydrogen-bond donors (Lipinski definition) is 1. The van der Waals surface area contributed by atoms with Crippen LogP contribution in [-0.2, 0) is 12.7 Å². The summed E-state index contributed by atoms with van der Waals surface area (Å²) in [5.74, 6) is -0.686. The number of imidazole rings is 1. The molecule has 1 aromatic carbocycles. The second-order valence-electron chi connectivity index (χ2n) is 5.71. The Labute approximate surface area is 162 Å². The zero-order chi connectivity index (χ0) is 20.1. The lowest BCUT2D eigenvalue weighted by Gasteiger charge is -2.13. The van der Waals surface area contributed by atoms with E-state index in [-0.39, 0.29) is 12.2 Å². The van der Waals surface area contributed by atoms with Crippen LogP contribution in [0.2, 0.25) is 5.02 Å². The molecule has 0 atom stereocenters. The van der Waals surface area contributed by atoms with Crippen LogP contribution in [0.25, 0.3) is 5.69 Å². The fourth-order valence-electron chi connectivity index (χ4n) is 2.45. The average Bonchev–Trinajstić information content (AvgIpc) is 3.29. The number of nitrogens with one attached hydrogen (secondary N) is 1. The standard InChI is InChI=1S/C17H15ClF3N5O2/c18-12-2-4-13(5-3-12)26-15(17(19,20)21)14(10-24-26)28-16(27)23-6-1-8-25-9-7-22-11-25/h2-5,7,9-11H,1,6,8H2,(H,23,27). The molecule has 2 heterocycles. The third-order valence-electron chi connectivity index (χ3n) is 3.70. The summed E-state index contributed by atoms with van der Waals surface area (Å²) in [6, 6.07) is 5.63.